The lowest BCUT2D eigenvalue weighted by Crippen LogP contribution is -2.47. The third-order valence-electron chi connectivity index (χ3n) is 4.41. The zero-order valence-corrected chi connectivity index (χ0v) is 15.4. The van der Waals surface area contributed by atoms with Crippen LogP contribution >= 0.6 is 23.8 Å². The monoisotopic (exact) mass is 357 g/mol. The van der Waals surface area contributed by atoms with Crippen LogP contribution in [0.3, 0.4) is 0 Å². The number of rotatable bonds is 5. The van der Waals surface area contributed by atoms with Crippen molar-refractivity contribution in [2.24, 2.45) is 0 Å². The molecule has 0 bridgehead atoms. The lowest BCUT2D eigenvalue weighted by atomic mass is 10.0. The van der Waals surface area contributed by atoms with Crippen LogP contribution in [-0.2, 0) is 0 Å². The van der Waals surface area contributed by atoms with E-state index >= 15 is 0 Å². The molecule has 0 spiro atoms. The molecule has 128 valence electrons. The molecule has 2 rings (SSSR count). The van der Waals surface area contributed by atoms with Crippen molar-refractivity contribution in [1.29, 1.82) is 0 Å². The number of thiocarbonyl (C=S) groups is 1. The van der Waals surface area contributed by atoms with E-state index in [0.717, 1.165) is 38.2 Å². The van der Waals surface area contributed by atoms with Gasteiger partial charge in [0.1, 0.15) is 5.82 Å². The summed E-state index contributed by atoms with van der Waals surface area (Å²) in [5.74, 6) is -0.418. The fourth-order valence-corrected chi connectivity index (χ4v) is 3.36. The van der Waals surface area contributed by atoms with Crippen molar-refractivity contribution in [3.8, 4) is 0 Å². The Balaban J connectivity index is 1.82. The van der Waals surface area contributed by atoms with E-state index in [1.165, 1.54) is 18.9 Å². The number of nitrogens with one attached hydrogen (secondary N) is 1. The normalized spacial score (nSPS) is 16.0. The van der Waals surface area contributed by atoms with Crippen LogP contribution in [0.25, 0.3) is 0 Å². The summed E-state index contributed by atoms with van der Waals surface area (Å²) in [7, 11) is 2.22. The molecule has 0 amide bonds. The second-order valence-electron chi connectivity index (χ2n) is 6.11. The van der Waals surface area contributed by atoms with Gasteiger partial charge in [0.25, 0.3) is 0 Å². The summed E-state index contributed by atoms with van der Waals surface area (Å²) in [6.07, 6.45) is 4.72. The van der Waals surface area contributed by atoms with Crippen LogP contribution in [0.1, 0.15) is 32.6 Å². The van der Waals surface area contributed by atoms with Crippen LogP contribution < -0.4 is 5.32 Å². The van der Waals surface area contributed by atoms with Gasteiger partial charge in [-0.05, 0) is 63.3 Å². The number of piperidine rings is 1. The average molecular weight is 358 g/mol. The Labute approximate surface area is 148 Å². The Morgan fingerprint density at radius 2 is 2.13 bits per heavy atom. The summed E-state index contributed by atoms with van der Waals surface area (Å²) in [4.78, 5) is 4.65. The smallest absolute Gasteiger partial charge is 0.173 e. The second kappa shape index (κ2) is 8.81. The van der Waals surface area contributed by atoms with Crippen molar-refractivity contribution in [3.05, 3.63) is 29.0 Å². The molecule has 23 heavy (non-hydrogen) atoms. The summed E-state index contributed by atoms with van der Waals surface area (Å²) in [6.45, 7) is 5.28. The highest BCUT2D eigenvalue weighted by Gasteiger charge is 2.23. The zero-order chi connectivity index (χ0) is 16.8. The molecule has 1 aliphatic heterocycles. The molecule has 0 unspecified atom stereocenters. The van der Waals surface area contributed by atoms with E-state index in [1.54, 1.807) is 12.1 Å². The lowest BCUT2D eigenvalue weighted by Gasteiger charge is -2.38. The Morgan fingerprint density at radius 3 is 2.74 bits per heavy atom. The molecule has 3 nitrogen and oxygen atoms in total. The highest BCUT2D eigenvalue weighted by atomic mass is 35.5. The van der Waals surface area contributed by atoms with E-state index in [-0.39, 0.29) is 5.02 Å². The van der Waals surface area contributed by atoms with Crippen molar-refractivity contribution in [2.75, 3.05) is 32.0 Å². The van der Waals surface area contributed by atoms with Crippen molar-refractivity contribution in [1.82, 2.24) is 9.80 Å². The first-order valence-electron chi connectivity index (χ1n) is 8.22. The molecule has 1 heterocycles. The minimum absolute atomic E-state index is 0.106. The molecular weight excluding hydrogens is 333 g/mol. The summed E-state index contributed by atoms with van der Waals surface area (Å²) < 4.78 is 13.2. The number of likely N-dealkylation sites (tertiary alicyclic amines) is 1. The summed E-state index contributed by atoms with van der Waals surface area (Å²) in [6, 6.07) is 5.20. The van der Waals surface area contributed by atoms with Gasteiger partial charge in [0.05, 0.1) is 5.02 Å². The SMILES string of the molecule is CCCCN(C)C1CCN(C(=S)Nc2ccc(F)c(Cl)c2)CC1. The fraction of sp³-hybridized carbons (Fsp3) is 0.588. The first kappa shape index (κ1) is 18.4. The molecule has 1 fully saturated rings. The van der Waals surface area contributed by atoms with Crippen molar-refractivity contribution >= 4 is 34.6 Å². The highest BCUT2D eigenvalue weighted by molar-refractivity contribution is 7.80. The fourth-order valence-electron chi connectivity index (χ4n) is 2.88. The van der Waals surface area contributed by atoms with Crippen LogP contribution in [0.2, 0.25) is 5.02 Å². The van der Waals surface area contributed by atoms with Gasteiger partial charge in [-0.15, -0.1) is 0 Å². The number of halogens is 2. The topological polar surface area (TPSA) is 18.5 Å². The largest absolute Gasteiger partial charge is 0.349 e. The molecule has 0 atom stereocenters. The third-order valence-corrected chi connectivity index (χ3v) is 5.06. The molecule has 1 aliphatic rings. The molecule has 0 aromatic heterocycles. The van der Waals surface area contributed by atoms with Crippen LogP contribution in [0.4, 0.5) is 10.1 Å². The lowest BCUT2D eigenvalue weighted by molar-refractivity contribution is 0.163. The Bertz CT molecular complexity index is 533. The van der Waals surface area contributed by atoms with E-state index in [9.17, 15) is 4.39 Å². The van der Waals surface area contributed by atoms with Crippen LogP contribution in [-0.4, -0.2) is 47.6 Å². The van der Waals surface area contributed by atoms with Gasteiger partial charge in [-0.3, -0.25) is 0 Å². The van der Waals surface area contributed by atoms with E-state index in [1.807, 2.05) is 0 Å². The van der Waals surface area contributed by atoms with Crippen molar-refractivity contribution in [3.63, 3.8) is 0 Å². The van der Waals surface area contributed by atoms with Crippen LogP contribution in [0.15, 0.2) is 18.2 Å². The predicted molar refractivity (Wildman–Crippen MR) is 99.8 cm³/mol. The van der Waals surface area contributed by atoms with E-state index in [2.05, 4.69) is 29.1 Å². The number of benzene rings is 1. The van der Waals surface area contributed by atoms with Gasteiger partial charge in [0, 0.05) is 24.8 Å². The first-order valence-corrected chi connectivity index (χ1v) is 9.01. The van der Waals surface area contributed by atoms with Gasteiger partial charge in [-0.2, -0.15) is 0 Å². The van der Waals surface area contributed by atoms with Gasteiger partial charge in [-0.25, -0.2) is 4.39 Å². The number of anilines is 1. The molecule has 1 saturated heterocycles. The molecular formula is C17H25ClFN3S. The van der Waals surface area contributed by atoms with Crippen LogP contribution in [0.5, 0.6) is 0 Å². The second-order valence-corrected chi connectivity index (χ2v) is 6.91. The molecule has 0 aliphatic carbocycles. The summed E-state index contributed by atoms with van der Waals surface area (Å²) in [5.41, 5.74) is 0.726. The molecule has 0 radical (unpaired) electrons. The van der Waals surface area contributed by atoms with Crippen molar-refractivity contribution < 1.29 is 4.39 Å². The highest BCUT2D eigenvalue weighted by Crippen LogP contribution is 2.21. The Morgan fingerprint density at radius 1 is 1.43 bits per heavy atom. The molecule has 1 aromatic carbocycles. The minimum Gasteiger partial charge on any atom is -0.349 e. The predicted octanol–water partition coefficient (Wildman–Crippen LogP) is 4.37. The summed E-state index contributed by atoms with van der Waals surface area (Å²) >= 11 is 11.3. The zero-order valence-electron chi connectivity index (χ0n) is 13.8. The van der Waals surface area contributed by atoms with E-state index in [4.69, 9.17) is 23.8 Å². The molecule has 1 aromatic rings. The number of hydrogen-bond acceptors (Lipinski definition) is 2. The molecule has 1 N–H and O–H groups in total. The number of hydrogen-bond donors (Lipinski definition) is 1. The van der Waals surface area contributed by atoms with Crippen LogP contribution in [0, 0.1) is 5.82 Å². The summed E-state index contributed by atoms with van der Waals surface area (Å²) in [5, 5.41) is 3.94. The van der Waals surface area contributed by atoms with Gasteiger partial charge >= 0.3 is 0 Å². The maximum absolute atomic E-state index is 13.2. The molecule has 0 saturated carbocycles. The van der Waals surface area contributed by atoms with E-state index < -0.39 is 5.82 Å². The maximum atomic E-state index is 13.2. The first-order chi connectivity index (χ1) is 11.0. The van der Waals surface area contributed by atoms with Gasteiger partial charge in [0.2, 0.25) is 0 Å². The quantitative estimate of drug-likeness (QED) is 0.788. The average Bonchev–Trinajstić information content (AvgIpc) is 2.56. The van der Waals surface area contributed by atoms with Gasteiger partial charge < -0.3 is 15.1 Å². The standard InChI is InChI=1S/C17H25ClFN3S/c1-3-4-9-21(2)14-7-10-22(11-8-14)17(23)20-13-5-6-16(19)15(18)12-13/h5-6,12,14H,3-4,7-11H2,1-2H3,(H,20,23). The van der Waals surface area contributed by atoms with Gasteiger partial charge in [0.15, 0.2) is 5.11 Å². The van der Waals surface area contributed by atoms with Crippen molar-refractivity contribution in [2.45, 2.75) is 38.6 Å². The number of nitrogens with zero attached hydrogens (tertiary/aromatic N) is 2. The van der Waals surface area contributed by atoms with Gasteiger partial charge in [-0.1, -0.05) is 24.9 Å². The Hall–Kier alpha value is -0.910. The third kappa shape index (κ3) is 5.30. The number of unbranched alkanes of at least 4 members (excludes halogenated alkanes) is 1. The maximum Gasteiger partial charge on any atom is 0.173 e. The molecule has 6 heteroatoms. The minimum atomic E-state index is -0.418. The Kier molecular flexibility index (Phi) is 7.06. The van der Waals surface area contributed by atoms with E-state index in [0.29, 0.717) is 11.2 Å².